The minimum absolute atomic E-state index is 0.204. The summed E-state index contributed by atoms with van der Waals surface area (Å²) in [7, 11) is 1.60. The lowest BCUT2D eigenvalue weighted by Crippen LogP contribution is -2.13. The number of furan rings is 1. The van der Waals surface area contributed by atoms with Crippen LogP contribution in [-0.2, 0) is 0 Å². The first-order valence-corrected chi connectivity index (χ1v) is 7.64. The van der Waals surface area contributed by atoms with Crippen molar-refractivity contribution in [2.75, 3.05) is 12.4 Å². The fraction of sp³-hybridized carbons (Fsp3) is 0.250. The molecular formula is C16H16N2O3S. The monoisotopic (exact) mass is 316 g/mol. The summed E-state index contributed by atoms with van der Waals surface area (Å²) >= 11 is 1.41. The first-order valence-electron chi connectivity index (χ1n) is 6.82. The summed E-state index contributed by atoms with van der Waals surface area (Å²) in [6.45, 7) is 5.51. The van der Waals surface area contributed by atoms with Crippen LogP contribution in [-0.4, -0.2) is 18.0 Å². The van der Waals surface area contributed by atoms with Crippen molar-refractivity contribution in [1.29, 1.82) is 0 Å². The number of para-hydroxylation sites is 1. The van der Waals surface area contributed by atoms with Gasteiger partial charge in [0.2, 0.25) is 0 Å². The number of hydrogen-bond donors (Lipinski definition) is 1. The third-order valence-corrected chi connectivity index (χ3v) is 4.55. The Hall–Kier alpha value is -2.34. The van der Waals surface area contributed by atoms with Gasteiger partial charge in [-0.1, -0.05) is 17.4 Å². The molecule has 1 amide bonds. The third kappa shape index (κ3) is 2.35. The van der Waals surface area contributed by atoms with Crippen LogP contribution in [0.4, 0.5) is 5.13 Å². The highest BCUT2D eigenvalue weighted by Crippen LogP contribution is 2.32. The third-order valence-electron chi connectivity index (χ3n) is 3.61. The number of methoxy groups -OCH3 is 1. The van der Waals surface area contributed by atoms with Crippen LogP contribution in [0.2, 0.25) is 0 Å². The number of anilines is 1. The molecule has 5 nitrogen and oxygen atoms in total. The maximum Gasteiger partial charge on any atom is 0.261 e. The Labute approximate surface area is 131 Å². The van der Waals surface area contributed by atoms with E-state index in [-0.39, 0.29) is 5.91 Å². The average Bonchev–Trinajstić information content (AvgIpc) is 2.99. The van der Waals surface area contributed by atoms with Crippen LogP contribution < -0.4 is 10.1 Å². The quantitative estimate of drug-likeness (QED) is 0.791. The predicted molar refractivity (Wildman–Crippen MR) is 87.0 cm³/mol. The van der Waals surface area contributed by atoms with E-state index in [0.717, 1.165) is 21.5 Å². The largest absolute Gasteiger partial charge is 0.494 e. The molecule has 3 aromatic rings. The average molecular weight is 316 g/mol. The number of aryl methyl sites for hydroxylation is 2. The second-order valence-corrected chi connectivity index (χ2v) is 6.03. The zero-order valence-corrected chi connectivity index (χ0v) is 13.6. The van der Waals surface area contributed by atoms with Crippen LogP contribution in [0.5, 0.6) is 5.75 Å². The van der Waals surface area contributed by atoms with Gasteiger partial charge in [-0.25, -0.2) is 4.98 Å². The molecule has 3 rings (SSSR count). The second kappa shape index (κ2) is 5.46. The van der Waals surface area contributed by atoms with Crippen LogP contribution in [0.15, 0.2) is 22.6 Å². The van der Waals surface area contributed by atoms with Crippen molar-refractivity contribution in [2.45, 2.75) is 20.8 Å². The van der Waals surface area contributed by atoms with Crippen molar-refractivity contribution < 1.29 is 13.9 Å². The number of nitrogens with zero attached hydrogens (tertiary/aromatic N) is 1. The zero-order valence-electron chi connectivity index (χ0n) is 12.8. The molecule has 0 saturated heterocycles. The number of nitrogens with one attached hydrogen (secondary N) is 1. The summed E-state index contributed by atoms with van der Waals surface area (Å²) in [4.78, 5) is 16.9. The fourth-order valence-corrected chi connectivity index (χ4v) is 3.31. The standard InChI is InChI=1S/C16H16N2O3S/c1-8-9(2)21-10(3)13(8)15(19)18-16-17-14-11(20-4)6-5-7-12(14)22-16/h5-7H,1-4H3,(H,17,18,19). The van der Waals surface area contributed by atoms with Gasteiger partial charge in [0.1, 0.15) is 22.8 Å². The lowest BCUT2D eigenvalue weighted by Gasteiger charge is -2.01. The van der Waals surface area contributed by atoms with E-state index >= 15 is 0 Å². The summed E-state index contributed by atoms with van der Waals surface area (Å²) in [6, 6.07) is 5.70. The van der Waals surface area contributed by atoms with E-state index in [1.807, 2.05) is 32.0 Å². The van der Waals surface area contributed by atoms with Crippen molar-refractivity contribution in [3.63, 3.8) is 0 Å². The van der Waals surface area contributed by atoms with E-state index in [9.17, 15) is 4.79 Å². The molecule has 0 saturated carbocycles. The molecule has 22 heavy (non-hydrogen) atoms. The molecule has 1 aromatic carbocycles. The topological polar surface area (TPSA) is 64.4 Å². The Balaban J connectivity index is 1.94. The Morgan fingerprint density at radius 1 is 1.27 bits per heavy atom. The highest BCUT2D eigenvalue weighted by atomic mass is 32.1. The van der Waals surface area contributed by atoms with Crippen molar-refractivity contribution in [3.05, 3.63) is 40.8 Å². The van der Waals surface area contributed by atoms with Gasteiger partial charge >= 0.3 is 0 Å². The Morgan fingerprint density at radius 3 is 2.68 bits per heavy atom. The summed E-state index contributed by atoms with van der Waals surface area (Å²) < 4.78 is 11.8. The molecule has 0 aliphatic rings. The van der Waals surface area contributed by atoms with E-state index in [0.29, 0.717) is 22.2 Å². The molecule has 0 spiro atoms. The number of thiazole rings is 1. The molecule has 0 unspecified atom stereocenters. The van der Waals surface area contributed by atoms with Gasteiger partial charge in [0.05, 0.1) is 17.4 Å². The number of fused-ring (bicyclic) bond motifs is 1. The summed E-state index contributed by atoms with van der Waals surface area (Å²) in [5.74, 6) is 1.87. The number of hydrogen-bond acceptors (Lipinski definition) is 5. The van der Waals surface area contributed by atoms with E-state index in [1.54, 1.807) is 14.0 Å². The molecule has 6 heteroatoms. The Kier molecular flexibility index (Phi) is 3.62. The minimum Gasteiger partial charge on any atom is -0.494 e. The van der Waals surface area contributed by atoms with Crippen molar-refractivity contribution in [1.82, 2.24) is 4.98 Å². The number of amides is 1. The molecule has 1 N–H and O–H groups in total. The van der Waals surface area contributed by atoms with Gasteiger partial charge in [-0.2, -0.15) is 0 Å². The lowest BCUT2D eigenvalue weighted by molar-refractivity contribution is 0.102. The predicted octanol–water partition coefficient (Wildman–Crippen LogP) is 4.08. The van der Waals surface area contributed by atoms with Crippen LogP contribution in [0, 0.1) is 20.8 Å². The van der Waals surface area contributed by atoms with Crippen molar-refractivity contribution in [3.8, 4) is 5.75 Å². The maximum atomic E-state index is 12.5. The normalized spacial score (nSPS) is 10.9. The van der Waals surface area contributed by atoms with Crippen LogP contribution in [0.25, 0.3) is 10.2 Å². The molecule has 0 bridgehead atoms. The lowest BCUT2D eigenvalue weighted by atomic mass is 10.1. The number of ether oxygens (including phenoxy) is 1. The van der Waals surface area contributed by atoms with Gasteiger partial charge in [-0.05, 0) is 32.9 Å². The molecule has 0 fully saturated rings. The number of benzene rings is 1. The zero-order chi connectivity index (χ0) is 15.9. The van der Waals surface area contributed by atoms with E-state index in [1.165, 1.54) is 11.3 Å². The molecule has 114 valence electrons. The number of aromatic nitrogens is 1. The highest BCUT2D eigenvalue weighted by Gasteiger charge is 2.20. The van der Waals surface area contributed by atoms with Gasteiger partial charge in [-0.15, -0.1) is 0 Å². The highest BCUT2D eigenvalue weighted by molar-refractivity contribution is 7.22. The van der Waals surface area contributed by atoms with Gasteiger partial charge in [0.25, 0.3) is 5.91 Å². The van der Waals surface area contributed by atoms with Crippen LogP contribution in [0.1, 0.15) is 27.4 Å². The van der Waals surface area contributed by atoms with E-state index in [2.05, 4.69) is 10.3 Å². The summed E-state index contributed by atoms with van der Waals surface area (Å²) in [6.07, 6.45) is 0. The van der Waals surface area contributed by atoms with Crippen molar-refractivity contribution >= 4 is 32.6 Å². The minimum atomic E-state index is -0.204. The molecule has 2 heterocycles. The number of carbonyl (C=O) groups is 1. The summed E-state index contributed by atoms with van der Waals surface area (Å²) in [5, 5.41) is 3.39. The van der Waals surface area contributed by atoms with Gasteiger partial charge in [-0.3, -0.25) is 10.1 Å². The molecule has 0 aliphatic carbocycles. The van der Waals surface area contributed by atoms with Crippen molar-refractivity contribution in [2.24, 2.45) is 0 Å². The van der Waals surface area contributed by atoms with E-state index in [4.69, 9.17) is 9.15 Å². The molecule has 0 radical (unpaired) electrons. The van der Waals surface area contributed by atoms with Gasteiger partial charge < -0.3 is 9.15 Å². The Bertz CT molecular complexity index is 864. The molecule has 2 aromatic heterocycles. The smallest absolute Gasteiger partial charge is 0.261 e. The SMILES string of the molecule is COc1cccc2sc(NC(=O)c3c(C)oc(C)c3C)nc12. The van der Waals surface area contributed by atoms with Gasteiger partial charge in [0, 0.05) is 5.56 Å². The van der Waals surface area contributed by atoms with Crippen LogP contribution >= 0.6 is 11.3 Å². The molecule has 0 aliphatic heterocycles. The van der Waals surface area contributed by atoms with E-state index < -0.39 is 0 Å². The van der Waals surface area contributed by atoms with Gasteiger partial charge in [0.15, 0.2) is 5.13 Å². The van der Waals surface area contributed by atoms with Crippen LogP contribution in [0.3, 0.4) is 0 Å². The molecule has 0 atom stereocenters. The first kappa shape index (κ1) is 14.6. The second-order valence-electron chi connectivity index (χ2n) is 4.99. The fourth-order valence-electron chi connectivity index (χ4n) is 2.43. The first-order chi connectivity index (χ1) is 10.5. The maximum absolute atomic E-state index is 12.5. The summed E-state index contributed by atoms with van der Waals surface area (Å²) in [5.41, 5.74) is 2.18. The molecular weight excluding hydrogens is 300 g/mol. The number of rotatable bonds is 3. The number of carbonyl (C=O) groups excluding carboxylic acids is 1. The Morgan fingerprint density at radius 2 is 2.05 bits per heavy atom.